The zero-order chi connectivity index (χ0) is 13.8. The highest BCUT2D eigenvalue weighted by molar-refractivity contribution is 6.34. The first-order valence-corrected chi connectivity index (χ1v) is 6.33. The molecule has 0 spiro atoms. The fourth-order valence-electron chi connectivity index (χ4n) is 1.74. The zero-order valence-electron chi connectivity index (χ0n) is 10.6. The van der Waals surface area contributed by atoms with E-state index in [4.69, 9.17) is 17.3 Å². The van der Waals surface area contributed by atoms with Gasteiger partial charge >= 0.3 is 0 Å². The van der Waals surface area contributed by atoms with Gasteiger partial charge in [-0.15, -0.1) is 0 Å². The zero-order valence-corrected chi connectivity index (χ0v) is 11.4. The Labute approximate surface area is 117 Å². The third-order valence-corrected chi connectivity index (χ3v) is 3.37. The molecule has 0 fully saturated rings. The van der Waals surface area contributed by atoms with Crippen molar-refractivity contribution in [1.82, 2.24) is 5.32 Å². The number of anilines is 1. The highest BCUT2D eigenvalue weighted by Gasteiger charge is 2.10. The number of rotatable bonds is 3. The van der Waals surface area contributed by atoms with Gasteiger partial charge in [-0.25, -0.2) is 0 Å². The molecule has 4 heteroatoms. The number of halogens is 1. The predicted octanol–water partition coefficient (Wildman–Crippen LogP) is 3.16. The fourth-order valence-corrected chi connectivity index (χ4v) is 1.95. The summed E-state index contributed by atoms with van der Waals surface area (Å²) in [5.74, 6) is -0.175. The van der Waals surface area contributed by atoms with Crippen LogP contribution in [0.2, 0.25) is 5.02 Å². The van der Waals surface area contributed by atoms with Gasteiger partial charge in [0.05, 0.1) is 10.6 Å². The van der Waals surface area contributed by atoms with Gasteiger partial charge in [0, 0.05) is 12.2 Å². The average Bonchev–Trinajstić information content (AvgIpc) is 2.41. The van der Waals surface area contributed by atoms with E-state index in [2.05, 4.69) is 5.32 Å². The minimum absolute atomic E-state index is 0.175. The average molecular weight is 275 g/mol. The number of nitrogen functional groups attached to an aromatic ring is 1. The van der Waals surface area contributed by atoms with Crippen LogP contribution < -0.4 is 11.1 Å². The van der Waals surface area contributed by atoms with E-state index in [-0.39, 0.29) is 5.91 Å². The Bertz CT molecular complexity index is 594. The van der Waals surface area contributed by atoms with E-state index in [9.17, 15) is 4.79 Å². The van der Waals surface area contributed by atoms with E-state index in [0.717, 1.165) is 11.1 Å². The second kappa shape index (κ2) is 5.76. The standard InChI is InChI=1S/C15H15ClN2O/c1-10-3-2-4-13(14(10)16)15(19)18-9-11-5-7-12(17)8-6-11/h2-8H,9,17H2,1H3,(H,18,19). The van der Waals surface area contributed by atoms with Crippen molar-refractivity contribution in [1.29, 1.82) is 0 Å². The van der Waals surface area contributed by atoms with Crippen molar-refractivity contribution >= 4 is 23.2 Å². The molecule has 0 aliphatic heterocycles. The Morgan fingerprint density at radius 2 is 1.89 bits per heavy atom. The number of carbonyl (C=O) groups excluding carboxylic acids is 1. The van der Waals surface area contributed by atoms with E-state index in [1.54, 1.807) is 18.2 Å². The van der Waals surface area contributed by atoms with Crippen molar-refractivity contribution in [2.45, 2.75) is 13.5 Å². The van der Waals surface area contributed by atoms with E-state index >= 15 is 0 Å². The van der Waals surface area contributed by atoms with Gasteiger partial charge in [0.1, 0.15) is 0 Å². The summed E-state index contributed by atoms with van der Waals surface area (Å²) in [7, 11) is 0. The molecule has 0 bridgehead atoms. The van der Waals surface area contributed by atoms with Crippen molar-refractivity contribution in [2.75, 3.05) is 5.73 Å². The predicted molar refractivity (Wildman–Crippen MR) is 78.2 cm³/mol. The Morgan fingerprint density at radius 3 is 2.58 bits per heavy atom. The molecule has 0 aliphatic rings. The first-order chi connectivity index (χ1) is 9.08. The normalized spacial score (nSPS) is 10.2. The van der Waals surface area contributed by atoms with Crippen LogP contribution in [0, 0.1) is 6.92 Å². The lowest BCUT2D eigenvalue weighted by Gasteiger charge is -2.08. The molecule has 1 amide bonds. The third-order valence-electron chi connectivity index (χ3n) is 2.87. The van der Waals surface area contributed by atoms with Crippen LogP contribution >= 0.6 is 11.6 Å². The Kier molecular flexibility index (Phi) is 4.07. The smallest absolute Gasteiger partial charge is 0.253 e. The molecule has 3 nitrogen and oxygen atoms in total. The van der Waals surface area contributed by atoms with Gasteiger partial charge in [0.25, 0.3) is 5.91 Å². The van der Waals surface area contributed by atoms with Crippen LogP contribution in [0.15, 0.2) is 42.5 Å². The van der Waals surface area contributed by atoms with Crippen LogP contribution in [0.4, 0.5) is 5.69 Å². The highest BCUT2D eigenvalue weighted by Crippen LogP contribution is 2.20. The second-order valence-electron chi connectivity index (χ2n) is 4.36. The lowest BCUT2D eigenvalue weighted by Crippen LogP contribution is -2.23. The van der Waals surface area contributed by atoms with Crippen molar-refractivity contribution in [2.24, 2.45) is 0 Å². The van der Waals surface area contributed by atoms with E-state index in [1.807, 2.05) is 31.2 Å². The molecule has 0 aromatic heterocycles. The number of carbonyl (C=O) groups is 1. The minimum Gasteiger partial charge on any atom is -0.399 e. The maximum atomic E-state index is 12.0. The van der Waals surface area contributed by atoms with Crippen LogP contribution in [0.1, 0.15) is 21.5 Å². The summed E-state index contributed by atoms with van der Waals surface area (Å²) in [6, 6.07) is 12.8. The van der Waals surface area contributed by atoms with Crippen LogP contribution in [-0.2, 0) is 6.54 Å². The SMILES string of the molecule is Cc1cccc(C(=O)NCc2ccc(N)cc2)c1Cl. The van der Waals surface area contributed by atoms with Crippen molar-refractivity contribution < 1.29 is 4.79 Å². The van der Waals surface area contributed by atoms with Gasteiger partial charge in [-0.3, -0.25) is 4.79 Å². The van der Waals surface area contributed by atoms with Crippen LogP contribution in [0.25, 0.3) is 0 Å². The Morgan fingerprint density at radius 1 is 1.21 bits per heavy atom. The quantitative estimate of drug-likeness (QED) is 0.845. The summed E-state index contributed by atoms with van der Waals surface area (Å²) < 4.78 is 0. The lowest BCUT2D eigenvalue weighted by atomic mass is 10.1. The first-order valence-electron chi connectivity index (χ1n) is 5.95. The number of hydrogen-bond acceptors (Lipinski definition) is 2. The summed E-state index contributed by atoms with van der Waals surface area (Å²) in [6.45, 7) is 2.32. The van der Waals surface area contributed by atoms with Gasteiger partial charge in [0.15, 0.2) is 0 Å². The monoisotopic (exact) mass is 274 g/mol. The molecule has 2 aromatic carbocycles. The molecule has 98 valence electrons. The molecule has 0 saturated heterocycles. The molecule has 0 atom stereocenters. The summed E-state index contributed by atoms with van der Waals surface area (Å²) >= 11 is 6.11. The van der Waals surface area contributed by atoms with Gasteiger partial charge in [-0.2, -0.15) is 0 Å². The van der Waals surface area contributed by atoms with Crippen LogP contribution in [-0.4, -0.2) is 5.91 Å². The molecule has 3 N–H and O–H groups in total. The van der Waals surface area contributed by atoms with Crippen molar-refractivity contribution in [3.63, 3.8) is 0 Å². The van der Waals surface area contributed by atoms with Crippen LogP contribution in [0.3, 0.4) is 0 Å². The number of benzene rings is 2. The lowest BCUT2D eigenvalue weighted by molar-refractivity contribution is 0.0951. The Balaban J connectivity index is 2.05. The molecule has 0 heterocycles. The van der Waals surface area contributed by atoms with Gasteiger partial charge in [-0.05, 0) is 36.2 Å². The molecule has 2 aromatic rings. The maximum absolute atomic E-state index is 12.0. The van der Waals surface area contributed by atoms with Gasteiger partial charge < -0.3 is 11.1 Å². The molecule has 0 radical (unpaired) electrons. The number of nitrogens with two attached hydrogens (primary N) is 1. The second-order valence-corrected chi connectivity index (χ2v) is 4.74. The molecular weight excluding hydrogens is 260 g/mol. The van der Waals surface area contributed by atoms with E-state index < -0.39 is 0 Å². The van der Waals surface area contributed by atoms with Crippen molar-refractivity contribution in [3.8, 4) is 0 Å². The first kappa shape index (κ1) is 13.4. The molecule has 0 unspecified atom stereocenters. The summed E-state index contributed by atoms with van der Waals surface area (Å²) in [6.07, 6.45) is 0. The Hall–Kier alpha value is -2.00. The molecule has 0 aliphatic carbocycles. The molecule has 0 saturated carbocycles. The van der Waals surface area contributed by atoms with Gasteiger partial charge in [-0.1, -0.05) is 35.9 Å². The number of nitrogens with one attached hydrogen (secondary N) is 1. The largest absolute Gasteiger partial charge is 0.399 e. The third kappa shape index (κ3) is 3.26. The van der Waals surface area contributed by atoms with E-state index in [1.165, 1.54) is 0 Å². The molecular formula is C15H15ClN2O. The summed E-state index contributed by atoms with van der Waals surface area (Å²) in [4.78, 5) is 12.0. The maximum Gasteiger partial charge on any atom is 0.253 e. The topological polar surface area (TPSA) is 55.1 Å². The number of hydrogen-bond donors (Lipinski definition) is 2. The minimum atomic E-state index is -0.175. The van der Waals surface area contributed by atoms with Crippen molar-refractivity contribution in [3.05, 3.63) is 64.2 Å². The molecule has 2 rings (SSSR count). The van der Waals surface area contributed by atoms with E-state index in [0.29, 0.717) is 22.8 Å². The molecule has 19 heavy (non-hydrogen) atoms. The number of aryl methyl sites for hydroxylation is 1. The fraction of sp³-hybridized carbons (Fsp3) is 0.133. The highest BCUT2D eigenvalue weighted by atomic mass is 35.5. The van der Waals surface area contributed by atoms with Crippen LogP contribution in [0.5, 0.6) is 0 Å². The summed E-state index contributed by atoms with van der Waals surface area (Å²) in [5.41, 5.74) is 8.69. The summed E-state index contributed by atoms with van der Waals surface area (Å²) in [5, 5.41) is 3.34. The number of amides is 1. The van der Waals surface area contributed by atoms with Gasteiger partial charge in [0.2, 0.25) is 0 Å².